The number of ether oxygens (including phenoxy) is 2. The van der Waals surface area contributed by atoms with Crippen LogP contribution in [0.1, 0.15) is 35.7 Å². The van der Waals surface area contributed by atoms with E-state index in [4.69, 9.17) is 14.7 Å². The molecule has 0 saturated heterocycles. The molecule has 0 spiro atoms. The molecule has 1 fully saturated rings. The predicted octanol–water partition coefficient (Wildman–Crippen LogP) is 2.40. The Morgan fingerprint density at radius 2 is 1.83 bits per heavy atom. The van der Waals surface area contributed by atoms with Gasteiger partial charge in [0.1, 0.15) is 5.75 Å². The van der Waals surface area contributed by atoms with Crippen LogP contribution in [0.5, 0.6) is 5.75 Å². The normalized spacial score (nSPS) is 13.5. The average Bonchev–Trinajstić information content (AvgIpc) is 3.56. The zero-order chi connectivity index (χ0) is 21.5. The third-order valence-corrected chi connectivity index (χ3v) is 4.33. The number of rotatable bonds is 8. The van der Waals surface area contributed by atoms with Crippen molar-refractivity contribution in [3.05, 3.63) is 59.7 Å². The molecule has 30 heavy (non-hydrogen) atoms. The van der Waals surface area contributed by atoms with Crippen molar-refractivity contribution >= 4 is 23.5 Å². The quantitative estimate of drug-likeness (QED) is 0.649. The van der Waals surface area contributed by atoms with Crippen molar-refractivity contribution in [2.45, 2.75) is 31.9 Å². The molecule has 2 aromatic rings. The number of anilines is 1. The summed E-state index contributed by atoms with van der Waals surface area (Å²) in [6.07, 6.45) is 0.972. The van der Waals surface area contributed by atoms with Crippen LogP contribution in [0.25, 0.3) is 0 Å². The highest BCUT2D eigenvalue weighted by Gasteiger charge is 2.25. The molecule has 1 aliphatic rings. The van der Waals surface area contributed by atoms with Gasteiger partial charge in [-0.2, -0.15) is 5.26 Å². The van der Waals surface area contributed by atoms with Crippen LogP contribution in [-0.2, 0) is 14.3 Å². The summed E-state index contributed by atoms with van der Waals surface area (Å²) in [6, 6.07) is 15.1. The van der Waals surface area contributed by atoms with E-state index in [2.05, 4.69) is 10.6 Å². The van der Waals surface area contributed by atoms with E-state index < -0.39 is 24.6 Å². The Balaban J connectivity index is 1.49. The molecule has 1 atom stereocenters. The lowest BCUT2D eigenvalue weighted by molar-refractivity contribution is -0.153. The van der Waals surface area contributed by atoms with Gasteiger partial charge in [-0.25, -0.2) is 4.79 Å². The Morgan fingerprint density at radius 1 is 1.13 bits per heavy atom. The Hall–Kier alpha value is -3.86. The highest BCUT2D eigenvalue weighted by atomic mass is 16.6. The first-order chi connectivity index (χ1) is 14.5. The smallest absolute Gasteiger partial charge is 0.347 e. The highest BCUT2D eigenvalue weighted by molar-refractivity contribution is 6.04. The number of hydrogen-bond donors (Lipinski definition) is 2. The molecule has 0 bridgehead atoms. The molecular formula is C22H21N3O5. The van der Waals surface area contributed by atoms with Gasteiger partial charge in [-0.3, -0.25) is 9.59 Å². The number of nitrogens with zero attached hydrogens (tertiary/aromatic N) is 1. The fraction of sp³-hybridized carbons (Fsp3) is 0.273. The molecule has 2 aromatic carbocycles. The van der Waals surface area contributed by atoms with Crippen LogP contribution < -0.4 is 15.4 Å². The van der Waals surface area contributed by atoms with Crippen molar-refractivity contribution in [3.63, 3.8) is 0 Å². The lowest BCUT2D eigenvalue weighted by Crippen LogP contribution is -2.30. The molecule has 0 aromatic heterocycles. The summed E-state index contributed by atoms with van der Waals surface area (Å²) < 4.78 is 10.5. The first-order valence-corrected chi connectivity index (χ1v) is 9.49. The summed E-state index contributed by atoms with van der Waals surface area (Å²) in [5.74, 6) is -1.14. The molecule has 2 amide bonds. The van der Waals surface area contributed by atoms with Crippen molar-refractivity contribution in [3.8, 4) is 11.8 Å². The van der Waals surface area contributed by atoms with E-state index in [1.165, 1.54) is 6.92 Å². The van der Waals surface area contributed by atoms with E-state index in [1.807, 2.05) is 6.07 Å². The van der Waals surface area contributed by atoms with Crippen LogP contribution in [0.2, 0.25) is 0 Å². The molecule has 0 heterocycles. The molecule has 1 aliphatic carbocycles. The van der Waals surface area contributed by atoms with Crippen LogP contribution in [-0.4, -0.2) is 36.5 Å². The lowest BCUT2D eigenvalue weighted by Gasteiger charge is -2.14. The Bertz CT molecular complexity index is 977. The van der Waals surface area contributed by atoms with Gasteiger partial charge in [0.15, 0.2) is 12.7 Å². The van der Waals surface area contributed by atoms with E-state index in [1.54, 1.807) is 48.5 Å². The summed E-state index contributed by atoms with van der Waals surface area (Å²) in [5.41, 5.74) is 1.17. The fourth-order valence-corrected chi connectivity index (χ4v) is 2.58. The van der Waals surface area contributed by atoms with Crippen LogP contribution in [0.4, 0.5) is 5.69 Å². The van der Waals surface area contributed by atoms with Crippen molar-refractivity contribution in [1.29, 1.82) is 5.26 Å². The minimum absolute atomic E-state index is 0.194. The molecule has 8 nitrogen and oxygen atoms in total. The third kappa shape index (κ3) is 5.82. The molecule has 8 heteroatoms. The topological polar surface area (TPSA) is 118 Å². The maximum absolute atomic E-state index is 12.3. The van der Waals surface area contributed by atoms with Crippen LogP contribution in [0.3, 0.4) is 0 Å². The summed E-state index contributed by atoms with van der Waals surface area (Å²) in [7, 11) is 0. The third-order valence-electron chi connectivity index (χ3n) is 4.33. The molecule has 1 saturated carbocycles. The van der Waals surface area contributed by atoms with Crippen LogP contribution in [0.15, 0.2) is 48.5 Å². The second-order valence-corrected chi connectivity index (χ2v) is 6.85. The fourth-order valence-electron chi connectivity index (χ4n) is 2.58. The maximum Gasteiger partial charge on any atom is 0.347 e. The molecule has 0 aliphatic heterocycles. The second kappa shape index (κ2) is 9.56. The number of carbonyl (C=O) groups is 3. The predicted molar refractivity (Wildman–Crippen MR) is 108 cm³/mol. The van der Waals surface area contributed by atoms with Crippen molar-refractivity contribution < 1.29 is 23.9 Å². The maximum atomic E-state index is 12.3. The number of benzene rings is 2. The lowest BCUT2D eigenvalue weighted by atomic mass is 10.1. The van der Waals surface area contributed by atoms with Gasteiger partial charge in [-0.15, -0.1) is 0 Å². The van der Waals surface area contributed by atoms with Crippen molar-refractivity contribution in [1.82, 2.24) is 5.32 Å². The number of hydrogen-bond acceptors (Lipinski definition) is 6. The van der Waals surface area contributed by atoms with Gasteiger partial charge in [-0.05, 0) is 56.2 Å². The zero-order valence-electron chi connectivity index (χ0n) is 16.4. The zero-order valence-corrected chi connectivity index (χ0v) is 16.4. The Kier molecular flexibility index (Phi) is 6.65. The summed E-state index contributed by atoms with van der Waals surface area (Å²) in [4.78, 5) is 36.6. The Labute approximate surface area is 173 Å². The number of amides is 2. The van der Waals surface area contributed by atoms with Crippen molar-refractivity contribution in [2.75, 3.05) is 11.9 Å². The van der Waals surface area contributed by atoms with Gasteiger partial charge in [0, 0.05) is 6.04 Å². The standard InChI is InChI=1S/C22H21N3O5/c1-14(30-17-10-6-15(12-23)7-11-17)22(28)29-13-20(26)25-19-5-3-2-4-18(19)21(27)24-16-8-9-16/h2-7,10-11,14,16H,8-9,13H2,1H3,(H,24,27)(H,25,26)/t14-/m1/s1. The average molecular weight is 407 g/mol. The Morgan fingerprint density at radius 3 is 2.50 bits per heavy atom. The van der Waals surface area contributed by atoms with E-state index >= 15 is 0 Å². The number of nitriles is 1. The van der Waals surface area contributed by atoms with E-state index in [0.29, 0.717) is 22.6 Å². The van der Waals surface area contributed by atoms with E-state index in [0.717, 1.165) is 12.8 Å². The van der Waals surface area contributed by atoms with Gasteiger partial charge in [0.05, 0.1) is 22.9 Å². The first kappa shape index (κ1) is 20.9. The number of nitrogens with one attached hydrogen (secondary N) is 2. The van der Waals surface area contributed by atoms with Gasteiger partial charge in [0.25, 0.3) is 11.8 Å². The largest absolute Gasteiger partial charge is 0.479 e. The number of para-hydroxylation sites is 1. The first-order valence-electron chi connectivity index (χ1n) is 9.49. The van der Waals surface area contributed by atoms with Crippen LogP contribution >= 0.6 is 0 Å². The summed E-state index contributed by atoms with van der Waals surface area (Å²) in [5, 5.41) is 14.3. The highest BCUT2D eigenvalue weighted by Crippen LogP contribution is 2.21. The molecule has 0 radical (unpaired) electrons. The van der Waals surface area contributed by atoms with Crippen molar-refractivity contribution in [2.24, 2.45) is 0 Å². The second-order valence-electron chi connectivity index (χ2n) is 6.85. The molecule has 154 valence electrons. The minimum atomic E-state index is -0.942. The summed E-state index contributed by atoms with van der Waals surface area (Å²) in [6.45, 7) is 0.981. The van der Waals surface area contributed by atoms with Gasteiger partial charge in [0.2, 0.25) is 0 Å². The molecule has 3 rings (SSSR count). The van der Waals surface area contributed by atoms with E-state index in [-0.39, 0.29) is 11.9 Å². The molecule has 0 unspecified atom stereocenters. The van der Waals surface area contributed by atoms with E-state index in [9.17, 15) is 14.4 Å². The van der Waals surface area contributed by atoms with Gasteiger partial charge < -0.3 is 20.1 Å². The van der Waals surface area contributed by atoms with Gasteiger partial charge in [-0.1, -0.05) is 12.1 Å². The molecular weight excluding hydrogens is 386 g/mol. The van der Waals surface area contributed by atoms with Gasteiger partial charge >= 0.3 is 5.97 Å². The number of esters is 1. The minimum Gasteiger partial charge on any atom is -0.479 e. The monoisotopic (exact) mass is 407 g/mol. The molecule has 2 N–H and O–H groups in total. The van der Waals surface area contributed by atoms with Crippen LogP contribution in [0, 0.1) is 11.3 Å². The number of carbonyl (C=O) groups excluding carboxylic acids is 3. The summed E-state index contributed by atoms with van der Waals surface area (Å²) >= 11 is 0. The SMILES string of the molecule is C[C@@H](Oc1ccc(C#N)cc1)C(=O)OCC(=O)Nc1ccccc1C(=O)NC1CC1.